The molecule has 3 nitrogen and oxygen atoms in total. The summed E-state index contributed by atoms with van der Waals surface area (Å²) in [5, 5.41) is 0. The molecule has 0 aromatic rings. The van der Waals surface area contributed by atoms with Crippen LogP contribution in [0.25, 0.3) is 0 Å². The fourth-order valence-corrected chi connectivity index (χ4v) is 0.819. The zero-order valence-electron chi connectivity index (χ0n) is 7.47. The second kappa shape index (κ2) is 3.13. The minimum absolute atomic E-state index is 0.173. The highest BCUT2D eigenvalue weighted by Crippen LogP contribution is 2.18. The maximum absolute atomic E-state index is 5.39. The van der Waals surface area contributed by atoms with Crippen molar-refractivity contribution in [2.45, 2.75) is 39.8 Å². The topological polar surface area (TPSA) is 30.5 Å². The molecule has 1 aliphatic heterocycles. The zero-order chi connectivity index (χ0) is 8.43. The predicted octanol–water partition coefficient (Wildman–Crippen LogP) is 1.57. The largest absolute Gasteiger partial charge is 0.462 e. The third-order valence-corrected chi connectivity index (χ3v) is 1.64. The Hall–Kier alpha value is -0.700. The minimum atomic E-state index is 0.173. The van der Waals surface area contributed by atoms with Crippen molar-refractivity contribution in [1.82, 2.24) is 5.48 Å². The van der Waals surface area contributed by atoms with E-state index in [1.165, 1.54) is 0 Å². The van der Waals surface area contributed by atoms with Gasteiger partial charge in [-0.1, -0.05) is 0 Å². The molecule has 0 saturated carbocycles. The van der Waals surface area contributed by atoms with Crippen molar-refractivity contribution in [3.8, 4) is 0 Å². The van der Waals surface area contributed by atoms with Crippen LogP contribution in [0.4, 0.5) is 0 Å². The maximum Gasteiger partial charge on any atom is 0.300 e. The van der Waals surface area contributed by atoms with Crippen LogP contribution in [0.3, 0.4) is 0 Å². The molecule has 3 heteroatoms. The number of rotatable bonds is 2. The van der Waals surface area contributed by atoms with Crippen LogP contribution in [0.1, 0.15) is 27.7 Å². The maximum atomic E-state index is 5.39. The van der Waals surface area contributed by atoms with Gasteiger partial charge in [-0.05, 0) is 27.7 Å². The van der Waals surface area contributed by atoms with Gasteiger partial charge in [0.2, 0.25) is 0 Å². The molecule has 1 heterocycles. The first-order chi connectivity index (χ1) is 5.11. The van der Waals surface area contributed by atoms with Gasteiger partial charge < -0.3 is 9.57 Å². The molecule has 1 atom stereocenters. The molecule has 0 saturated heterocycles. The fourth-order valence-electron chi connectivity index (χ4n) is 0.819. The summed E-state index contributed by atoms with van der Waals surface area (Å²) in [6.07, 6.45) is 0.173. The highest BCUT2D eigenvalue weighted by molar-refractivity contribution is 5.10. The van der Waals surface area contributed by atoms with Crippen LogP contribution in [0.5, 0.6) is 0 Å². The highest BCUT2D eigenvalue weighted by atomic mass is 16.8. The molecule has 64 valence electrons. The standard InChI is InChI=1S/C8H15NO2/c1-5(2)10-8-6(3)7(4)9-11-8/h5,7,9H,1-4H3. The SMILES string of the molecule is CC1=C(OC(C)C)ONC1C. The molecule has 11 heavy (non-hydrogen) atoms. The summed E-state index contributed by atoms with van der Waals surface area (Å²) in [6.45, 7) is 7.99. The van der Waals surface area contributed by atoms with Crippen LogP contribution in [-0.4, -0.2) is 12.1 Å². The van der Waals surface area contributed by atoms with E-state index in [1.807, 2.05) is 27.7 Å². The van der Waals surface area contributed by atoms with E-state index in [9.17, 15) is 0 Å². The van der Waals surface area contributed by atoms with Crippen LogP contribution >= 0.6 is 0 Å². The monoisotopic (exact) mass is 157 g/mol. The van der Waals surface area contributed by atoms with E-state index in [1.54, 1.807) is 0 Å². The van der Waals surface area contributed by atoms with Gasteiger partial charge in [-0.25, -0.2) is 0 Å². The highest BCUT2D eigenvalue weighted by Gasteiger charge is 2.21. The fraction of sp³-hybridized carbons (Fsp3) is 0.750. The normalized spacial score (nSPS) is 24.3. The lowest BCUT2D eigenvalue weighted by Crippen LogP contribution is -2.18. The van der Waals surface area contributed by atoms with Crippen molar-refractivity contribution in [2.75, 3.05) is 0 Å². The molecule has 0 spiro atoms. The van der Waals surface area contributed by atoms with Gasteiger partial charge >= 0.3 is 0 Å². The Labute approximate surface area is 67.3 Å². The molecule has 0 aromatic carbocycles. The average Bonchev–Trinajstić information content (AvgIpc) is 2.18. The molecule has 1 unspecified atom stereocenters. The van der Waals surface area contributed by atoms with Crippen LogP contribution in [0.2, 0.25) is 0 Å². The molecular weight excluding hydrogens is 142 g/mol. The van der Waals surface area contributed by atoms with Crippen molar-refractivity contribution >= 4 is 0 Å². The third kappa shape index (κ3) is 1.87. The Morgan fingerprint density at radius 1 is 1.55 bits per heavy atom. The summed E-state index contributed by atoms with van der Waals surface area (Å²) in [5.41, 5.74) is 3.95. The van der Waals surface area contributed by atoms with Gasteiger partial charge in [-0.2, -0.15) is 0 Å². The summed E-state index contributed by atoms with van der Waals surface area (Å²) < 4.78 is 5.39. The van der Waals surface area contributed by atoms with Gasteiger partial charge in [-0.15, -0.1) is 5.48 Å². The Morgan fingerprint density at radius 3 is 2.55 bits per heavy atom. The third-order valence-electron chi connectivity index (χ3n) is 1.64. The van der Waals surface area contributed by atoms with E-state index in [0.717, 1.165) is 5.57 Å². The molecule has 0 fully saturated rings. The Kier molecular flexibility index (Phi) is 2.39. The molecular formula is C8H15NO2. The van der Waals surface area contributed by atoms with Gasteiger partial charge in [0.1, 0.15) is 0 Å². The van der Waals surface area contributed by atoms with E-state index >= 15 is 0 Å². The summed E-state index contributed by atoms with van der Waals surface area (Å²) >= 11 is 0. The number of hydrogen-bond acceptors (Lipinski definition) is 3. The van der Waals surface area contributed by atoms with Gasteiger partial charge in [0.05, 0.1) is 12.1 Å². The second-order valence-corrected chi connectivity index (χ2v) is 3.08. The van der Waals surface area contributed by atoms with Crippen LogP contribution in [0.15, 0.2) is 11.5 Å². The molecule has 1 N–H and O–H groups in total. The molecule has 0 amide bonds. The lowest BCUT2D eigenvalue weighted by molar-refractivity contribution is -0.0224. The summed E-state index contributed by atoms with van der Waals surface area (Å²) in [4.78, 5) is 5.10. The van der Waals surface area contributed by atoms with E-state index < -0.39 is 0 Å². The van der Waals surface area contributed by atoms with Crippen molar-refractivity contribution < 1.29 is 9.57 Å². The first kappa shape index (κ1) is 8.40. The van der Waals surface area contributed by atoms with Crippen molar-refractivity contribution in [3.05, 3.63) is 11.5 Å². The zero-order valence-corrected chi connectivity index (χ0v) is 7.47. The smallest absolute Gasteiger partial charge is 0.300 e. The molecule has 1 aliphatic rings. The predicted molar refractivity (Wildman–Crippen MR) is 42.6 cm³/mol. The number of hydroxylamine groups is 1. The number of nitrogens with one attached hydrogen (secondary N) is 1. The summed E-state index contributed by atoms with van der Waals surface area (Å²) in [6, 6.07) is 0.267. The molecule has 0 bridgehead atoms. The Balaban J connectivity index is 2.57. The van der Waals surface area contributed by atoms with Crippen molar-refractivity contribution in [3.63, 3.8) is 0 Å². The molecule has 0 aromatic heterocycles. The number of hydrogen-bond donors (Lipinski definition) is 1. The van der Waals surface area contributed by atoms with E-state index in [0.29, 0.717) is 5.95 Å². The van der Waals surface area contributed by atoms with Crippen molar-refractivity contribution in [2.24, 2.45) is 0 Å². The minimum Gasteiger partial charge on any atom is -0.462 e. The van der Waals surface area contributed by atoms with Gasteiger partial charge in [-0.3, -0.25) is 0 Å². The summed E-state index contributed by atoms with van der Waals surface area (Å²) in [5.74, 6) is 0.632. The summed E-state index contributed by atoms with van der Waals surface area (Å²) in [7, 11) is 0. The van der Waals surface area contributed by atoms with E-state index in [-0.39, 0.29) is 12.1 Å². The number of ether oxygens (including phenoxy) is 1. The first-order valence-electron chi connectivity index (χ1n) is 3.91. The molecule has 0 radical (unpaired) electrons. The Bertz CT molecular complexity index is 175. The first-order valence-corrected chi connectivity index (χ1v) is 3.91. The second-order valence-electron chi connectivity index (χ2n) is 3.08. The lowest BCUT2D eigenvalue weighted by atomic mass is 10.2. The Morgan fingerprint density at radius 2 is 2.18 bits per heavy atom. The van der Waals surface area contributed by atoms with Gasteiger partial charge in [0.25, 0.3) is 5.95 Å². The molecule has 1 rings (SSSR count). The van der Waals surface area contributed by atoms with E-state index in [4.69, 9.17) is 9.57 Å². The van der Waals surface area contributed by atoms with Crippen LogP contribution < -0.4 is 5.48 Å². The van der Waals surface area contributed by atoms with E-state index in [2.05, 4.69) is 5.48 Å². The lowest BCUT2D eigenvalue weighted by Gasteiger charge is -2.09. The molecule has 0 aliphatic carbocycles. The van der Waals surface area contributed by atoms with Crippen molar-refractivity contribution in [1.29, 1.82) is 0 Å². The van der Waals surface area contributed by atoms with Crippen LogP contribution in [-0.2, 0) is 9.57 Å². The van der Waals surface area contributed by atoms with Crippen LogP contribution in [0, 0.1) is 0 Å². The van der Waals surface area contributed by atoms with Gasteiger partial charge in [0, 0.05) is 5.57 Å². The van der Waals surface area contributed by atoms with Gasteiger partial charge in [0.15, 0.2) is 0 Å². The average molecular weight is 157 g/mol. The quantitative estimate of drug-likeness (QED) is 0.660.